The molecule has 3 N–H and O–H groups in total. The van der Waals surface area contributed by atoms with E-state index in [-0.39, 0.29) is 19.4 Å². The predicted molar refractivity (Wildman–Crippen MR) is 205 cm³/mol. The lowest BCUT2D eigenvalue weighted by molar-refractivity contribution is -0.161. The van der Waals surface area contributed by atoms with Crippen LogP contribution in [0.4, 0.5) is 0 Å². The van der Waals surface area contributed by atoms with Crippen molar-refractivity contribution in [3.8, 4) is 0 Å². The molecule has 0 heterocycles. The molecular weight excluding hydrogens is 671 g/mol. The minimum Gasteiger partial charge on any atom is -0.462 e. The number of carbonyl (C=O) groups is 2. The van der Waals surface area contributed by atoms with Gasteiger partial charge in [0.2, 0.25) is 0 Å². The smallest absolute Gasteiger partial charge is 0.462 e. The highest BCUT2D eigenvalue weighted by molar-refractivity contribution is 7.47. The van der Waals surface area contributed by atoms with Crippen LogP contribution in [0.1, 0.15) is 142 Å². The summed E-state index contributed by atoms with van der Waals surface area (Å²) in [5.41, 5.74) is 0. The van der Waals surface area contributed by atoms with E-state index in [4.69, 9.17) is 19.1 Å². The van der Waals surface area contributed by atoms with E-state index in [1.807, 2.05) is 36.5 Å². The van der Waals surface area contributed by atoms with Gasteiger partial charge in [-0.25, -0.2) is 4.57 Å². The van der Waals surface area contributed by atoms with E-state index in [2.05, 4.69) is 42.7 Å². The molecule has 0 amide bonds. The average Bonchev–Trinajstić information content (AvgIpc) is 3.12. The van der Waals surface area contributed by atoms with Gasteiger partial charge in [-0.3, -0.25) is 18.6 Å². The van der Waals surface area contributed by atoms with Crippen LogP contribution in [0.2, 0.25) is 0 Å². The molecular formula is C40H69O10P. The van der Waals surface area contributed by atoms with Crippen molar-refractivity contribution in [2.24, 2.45) is 0 Å². The lowest BCUT2D eigenvalue weighted by Crippen LogP contribution is -2.29. The number of hydrogen-bond donors (Lipinski definition) is 3. The van der Waals surface area contributed by atoms with Crippen LogP contribution in [-0.2, 0) is 32.7 Å². The Balaban J connectivity index is 4.43. The molecule has 0 spiro atoms. The van der Waals surface area contributed by atoms with Gasteiger partial charge >= 0.3 is 19.8 Å². The quantitative estimate of drug-likeness (QED) is 0.0189. The molecule has 0 aromatic rings. The van der Waals surface area contributed by atoms with Crippen LogP contribution in [0.3, 0.4) is 0 Å². The third-order valence-corrected chi connectivity index (χ3v) is 8.70. The minimum atomic E-state index is -4.63. The Morgan fingerprint density at radius 1 is 0.608 bits per heavy atom. The summed E-state index contributed by atoms with van der Waals surface area (Å²) in [7, 11) is -4.63. The van der Waals surface area contributed by atoms with Crippen molar-refractivity contribution in [3.05, 3.63) is 60.8 Å². The van der Waals surface area contributed by atoms with Crippen molar-refractivity contribution >= 4 is 19.8 Å². The zero-order chi connectivity index (χ0) is 37.7. The molecule has 0 aliphatic carbocycles. The molecule has 0 aromatic heterocycles. The molecule has 0 aliphatic heterocycles. The normalized spacial score (nSPS) is 14.7. The fraction of sp³-hybridized carbons (Fsp3) is 0.700. The Hall–Kier alpha value is -2.33. The number of aliphatic hydroxyl groups excluding tert-OH is 2. The second-order valence-corrected chi connectivity index (χ2v) is 14.1. The van der Waals surface area contributed by atoms with Gasteiger partial charge in [0.1, 0.15) is 12.7 Å². The van der Waals surface area contributed by atoms with Crippen LogP contribution in [-0.4, -0.2) is 65.7 Å². The van der Waals surface area contributed by atoms with Crippen molar-refractivity contribution in [1.82, 2.24) is 0 Å². The first-order valence-corrected chi connectivity index (χ1v) is 20.8. The summed E-state index contributed by atoms with van der Waals surface area (Å²) in [4.78, 5) is 34.8. The summed E-state index contributed by atoms with van der Waals surface area (Å²) in [6.45, 7) is 2.14. The number of allylic oxidation sites excluding steroid dienone is 10. The van der Waals surface area contributed by atoms with Crippen LogP contribution in [0, 0.1) is 0 Å². The SMILES string of the molecule is CC/C=C/C=C/C=C/C=C/CCCCCC(=O)OC(COC(=O)CCCCCCCCC/C=C/CCCCCC)COP(=O)(O)OC[C@@H](O)CO. The van der Waals surface area contributed by atoms with Crippen LogP contribution in [0.15, 0.2) is 60.8 Å². The molecule has 11 heteroatoms. The molecule has 0 fully saturated rings. The molecule has 2 unspecified atom stereocenters. The zero-order valence-electron chi connectivity index (χ0n) is 31.5. The van der Waals surface area contributed by atoms with E-state index in [0.717, 1.165) is 51.4 Å². The van der Waals surface area contributed by atoms with E-state index >= 15 is 0 Å². The first-order chi connectivity index (χ1) is 24.7. The fourth-order valence-corrected chi connectivity index (χ4v) is 5.55. The molecule has 10 nitrogen and oxygen atoms in total. The number of carbonyl (C=O) groups excluding carboxylic acids is 2. The average molecular weight is 741 g/mol. The molecule has 0 aromatic carbocycles. The fourth-order valence-electron chi connectivity index (χ4n) is 4.76. The summed E-state index contributed by atoms with van der Waals surface area (Å²) in [6.07, 6.45) is 37.6. The molecule has 0 radical (unpaired) electrons. The van der Waals surface area contributed by atoms with Gasteiger partial charge in [-0.05, 0) is 57.8 Å². The summed E-state index contributed by atoms with van der Waals surface area (Å²) in [5, 5.41) is 18.3. The summed E-state index contributed by atoms with van der Waals surface area (Å²) in [6, 6.07) is 0. The predicted octanol–water partition coefficient (Wildman–Crippen LogP) is 9.55. The third-order valence-electron chi connectivity index (χ3n) is 7.75. The lowest BCUT2D eigenvalue weighted by atomic mass is 10.1. The van der Waals surface area contributed by atoms with Crippen molar-refractivity contribution < 1.29 is 47.8 Å². The van der Waals surface area contributed by atoms with Crippen LogP contribution in [0.25, 0.3) is 0 Å². The largest absolute Gasteiger partial charge is 0.472 e. The Morgan fingerprint density at radius 2 is 1.10 bits per heavy atom. The Kier molecular flexibility index (Phi) is 34.4. The first kappa shape index (κ1) is 48.7. The maximum atomic E-state index is 12.5. The zero-order valence-corrected chi connectivity index (χ0v) is 32.4. The van der Waals surface area contributed by atoms with Gasteiger partial charge in [0.05, 0.1) is 19.8 Å². The molecule has 0 bridgehead atoms. The second kappa shape index (κ2) is 36.0. The van der Waals surface area contributed by atoms with Crippen LogP contribution >= 0.6 is 7.82 Å². The van der Waals surface area contributed by atoms with Gasteiger partial charge in [0.15, 0.2) is 6.10 Å². The maximum absolute atomic E-state index is 12.5. The van der Waals surface area contributed by atoms with E-state index in [0.29, 0.717) is 12.8 Å². The van der Waals surface area contributed by atoms with Crippen molar-refractivity contribution in [1.29, 1.82) is 0 Å². The van der Waals surface area contributed by atoms with Crippen LogP contribution in [0.5, 0.6) is 0 Å². The van der Waals surface area contributed by atoms with Crippen LogP contribution < -0.4 is 0 Å². The van der Waals surface area contributed by atoms with Gasteiger partial charge in [-0.1, -0.05) is 132 Å². The van der Waals surface area contributed by atoms with E-state index in [9.17, 15) is 24.2 Å². The van der Waals surface area contributed by atoms with Gasteiger partial charge in [-0.15, -0.1) is 0 Å². The maximum Gasteiger partial charge on any atom is 0.472 e. The van der Waals surface area contributed by atoms with Crippen molar-refractivity contribution in [2.75, 3.05) is 26.4 Å². The highest BCUT2D eigenvalue weighted by atomic mass is 31.2. The number of phosphoric ester groups is 1. The monoisotopic (exact) mass is 740 g/mol. The number of hydrogen-bond acceptors (Lipinski definition) is 9. The molecule has 0 rings (SSSR count). The molecule has 51 heavy (non-hydrogen) atoms. The third kappa shape index (κ3) is 35.8. The topological polar surface area (TPSA) is 149 Å². The Bertz CT molecular complexity index is 1040. The van der Waals surface area contributed by atoms with Gasteiger partial charge in [0.25, 0.3) is 0 Å². The lowest BCUT2D eigenvalue weighted by Gasteiger charge is -2.20. The van der Waals surface area contributed by atoms with Gasteiger partial charge < -0.3 is 24.6 Å². The number of ether oxygens (including phenoxy) is 2. The van der Waals surface area contributed by atoms with E-state index < -0.39 is 51.8 Å². The summed E-state index contributed by atoms with van der Waals surface area (Å²) < 4.78 is 32.5. The summed E-state index contributed by atoms with van der Waals surface area (Å²) >= 11 is 0. The standard InChI is InChI=1S/C40H69O10P/c1-3-5-7-9-11-13-15-17-18-20-21-23-25-27-29-31-39(43)47-35-38(36-49-51(45,46)48-34-37(42)33-41)50-40(44)32-30-28-26-24-22-19-16-14-12-10-8-6-4-2/h6,8,10,12-16,19,22,37-38,41-42H,3-5,7,9,11,17-18,20-21,23-36H2,1-2H3,(H,45,46)/b8-6+,12-10+,15-13+,16-14+,22-19+/t37-,38?/m0/s1. The van der Waals surface area contributed by atoms with Crippen molar-refractivity contribution in [2.45, 2.75) is 154 Å². The van der Waals surface area contributed by atoms with Gasteiger partial charge in [0, 0.05) is 12.8 Å². The highest BCUT2D eigenvalue weighted by Crippen LogP contribution is 2.43. The molecule has 3 atom stereocenters. The van der Waals surface area contributed by atoms with E-state index in [1.54, 1.807) is 0 Å². The summed E-state index contributed by atoms with van der Waals surface area (Å²) in [5.74, 6) is -0.982. The molecule has 0 aliphatic rings. The molecule has 294 valence electrons. The minimum absolute atomic E-state index is 0.135. The number of rotatable bonds is 35. The number of esters is 2. The molecule has 0 saturated heterocycles. The number of phosphoric acid groups is 1. The highest BCUT2D eigenvalue weighted by Gasteiger charge is 2.27. The number of unbranched alkanes of at least 4 members (excludes halogenated alkanes) is 14. The Morgan fingerprint density at radius 3 is 1.71 bits per heavy atom. The van der Waals surface area contributed by atoms with Crippen molar-refractivity contribution in [3.63, 3.8) is 0 Å². The first-order valence-electron chi connectivity index (χ1n) is 19.3. The molecule has 0 saturated carbocycles. The number of aliphatic hydroxyl groups is 2. The Labute approximate surface area is 308 Å². The van der Waals surface area contributed by atoms with Gasteiger partial charge in [-0.2, -0.15) is 0 Å². The van der Waals surface area contributed by atoms with E-state index in [1.165, 1.54) is 51.4 Å². The second-order valence-electron chi connectivity index (χ2n) is 12.7.